The fraction of sp³-hybridized carbons (Fsp3) is 0.385. The summed E-state index contributed by atoms with van der Waals surface area (Å²) in [7, 11) is 0. The minimum absolute atomic E-state index is 0.116. The van der Waals surface area contributed by atoms with Crippen molar-refractivity contribution in [2.24, 2.45) is 0 Å². The third-order valence-electron chi connectivity index (χ3n) is 6.03. The molecule has 164 valence electrons. The molecule has 1 fully saturated rings. The van der Waals surface area contributed by atoms with Gasteiger partial charge in [-0.3, -0.25) is 9.59 Å². The number of aliphatic hydroxyl groups is 1. The number of carbonyl (C=O) groups excluding carboxylic acids is 2. The standard InChI is InChI=1S/C26H32N2O3/c1-5-27(6-2)16-7-17-28-23(20-12-8-18(3)9-13-20)22(25(30)26(28)31)24(29)21-14-10-19(4)11-15-21/h8-15,23,29H,5-7,16-17H2,1-4H3/t23-/m1/s1. The van der Waals surface area contributed by atoms with Crippen LogP contribution in [0, 0.1) is 13.8 Å². The molecule has 0 bridgehead atoms. The average molecular weight is 421 g/mol. The van der Waals surface area contributed by atoms with Crippen LogP contribution >= 0.6 is 0 Å². The Kier molecular flexibility index (Phi) is 7.29. The van der Waals surface area contributed by atoms with Crippen molar-refractivity contribution in [2.45, 2.75) is 40.2 Å². The molecule has 0 aliphatic carbocycles. The number of nitrogens with zero attached hydrogens (tertiary/aromatic N) is 2. The van der Waals surface area contributed by atoms with Gasteiger partial charge in [-0.1, -0.05) is 73.5 Å². The van der Waals surface area contributed by atoms with E-state index in [1.54, 1.807) is 17.0 Å². The summed E-state index contributed by atoms with van der Waals surface area (Å²) in [6.07, 6.45) is 0.766. The van der Waals surface area contributed by atoms with Crippen molar-refractivity contribution in [1.29, 1.82) is 0 Å². The molecule has 1 saturated heterocycles. The zero-order valence-electron chi connectivity index (χ0n) is 18.9. The van der Waals surface area contributed by atoms with Gasteiger partial charge in [-0.25, -0.2) is 0 Å². The van der Waals surface area contributed by atoms with E-state index in [0.717, 1.165) is 42.7 Å². The van der Waals surface area contributed by atoms with Crippen molar-refractivity contribution in [2.75, 3.05) is 26.2 Å². The summed E-state index contributed by atoms with van der Waals surface area (Å²) in [6, 6.07) is 14.6. The lowest BCUT2D eigenvalue weighted by atomic mass is 9.94. The van der Waals surface area contributed by atoms with Gasteiger partial charge in [0.15, 0.2) is 0 Å². The van der Waals surface area contributed by atoms with Crippen LogP contribution in [-0.4, -0.2) is 52.8 Å². The van der Waals surface area contributed by atoms with E-state index in [4.69, 9.17) is 0 Å². The first-order valence-corrected chi connectivity index (χ1v) is 11.0. The molecule has 1 amide bonds. The highest BCUT2D eigenvalue weighted by atomic mass is 16.3. The van der Waals surface area contributed by atoms with E-state index >= 15 is 0 Å². The van der Waals surface area contributed by atoms with Crippen LogP contribution in [0.4, 0.5) is 0 Å². The van der Waals surface area contributed by atoms with Gasteiger partial charge in [-0.15, -0.1) is 0 Å². The van der Waals surface area contributed by atoms with Crippen LogP contribution in [-0.2, 0) is 9.59 Å². The Morgan fingerprint density at radius 1 is 0.935 bits per heavy atom. The molecule has 2 aromatic rings. The second-order valence-corrected chi connectivity index (χ2v) is 8.15. The molecule has 1 atom stereocenters. The molecule has 5 nitrogen and oxygen atoms in total. The Labute approximate surface area is 185 Å². The lowest BCUT2D eigenvalue weighted by Gasteiger charge is -2.27. The Morgan fingerprint density at radius 3 is 2.03 bits per heavy atom. The van der Waals surface area contributed by atoms with Gasteiger partial charge in [0.05, 0.1) is 11.6 Å². The van der Waals surface area contributed by atoms with Crippen molar-refractivity contribution < 1.29 is 14.7 Å². The van der Waals surface area contributed by atoms with E-state index in [-0.39, 0.29) is 11.3 Å². The Balaban J connectivity index is 2.01. The van der Waals surface area contributed by atoms with Crippen LogP contribution in [0.2, 0.25) is 0 Å². The van der Waals surface area contributed by atoms with Gasteiger partial charge in [0.1, 0.15) is 5.76 Å². The predicted octanol–water partition coefficient (Wildman–Crippen LogP) is 4.46. The zero-order valence-corrected chi connectivity index (χ0v) is 18.9. The number of likely N-dealkylation sites (tertiary alicyclic amines) is 1. The number of hydrogen-bond donors (Lipinski definition) is 1. The lowest BCUT2D eigenvalue weighted by Crippen LogP contribution is -2.33. The molecule has 1 aliphatic heterocycles. The quantitative estimate of drug-likeness (QED) is 0.389. The molecule has 0 spiro atoms. The molecule has 5 heteroatoms. The minimum atomic E-state index is -0.619. The molecule has 3 rings (SSSR count). The van der Waals surface area contributed by atoms with Crippen LogP contribution in [0.3, 0.4) is 0 Å². The SMILES string of the molecule is CCN(CC)CCCN1C(=O)C(=O)C(=C(O)c2ccc(C)cc2)[C@H]1c1ccc(C)cc1. The number of ketones is 1. The van der Waals surface area contributed by atoms with Crippen LogP contribution in [0.15, 0.2) is 54.1 Å². The van der Waals surface area contributed by atoms with Crippen LogP contribution in [0.5, 0.6) is 0 Å². The largest absolute Gasteiger partial charge is 0.507 e. The van der Waals surface area contributed by atoms with Gasteiger partial charge in [-0.2, -0.15) is 0 Å². The van der Waals surface area contributed by atoms with Crippen molar-refractivity contribution >= 4 is 17.4 Å². The molecule has 1 heterocycles. The summed E-state index contributed by atoms with van der Waals surface area (Å²) < 4.78 is 0. The monoisotopic (exact) mass is 420 g/mol. The second-order valence-electron chi connectivity index (χ2n) is 8.15. The summed E-state index contributed by atoms with van der Waals surface area (Å²) >= 11 is 0. The highest BCUT2D eigenvalue weighted by Crippen LogP contribution is 2.39. The third-order valence-corrected chi connectivity index (χ3v) is 6.03. The second kappa shape index (κ2) is 9.92. The molecule has 0 aromatic heterocycles. The first kappa shape index (κ1) is 22.8. The number of amides is 1. The summed E-state index contributed by atoms with van der Waals surface area (Å²) in [6.45, 7) is 11.4. The Hall–Kier alpha value is -2.92. The maximum atomic E-state index is 13.0. The summed E-state index contributed by atoms with van der Waals surface area (Å²) in [5, 5.41) is 11.1. The minimum Gasteiger partial charge on any atom is -0.507 e. The number of rotatable bonds is 8. The molecule has 0 saturated carbocycles. The van der Waals surface area contributed by atoms with E-state index in [1.807, 2.05) is 50.2 Å². The number of carbonyl (C=O) groups is 2. The van der Waals surface area contributed by atoms with Gasteiger partial charge < -0.3 is 14.9 Å². The third kappa shape index (κ3) is 4.88. The first-order chi connectivity index (χ1) is 14.9. The number of aliphatic hydroxyl groups excluding tert-OH is 1. The number of hydrogen-bond acceptors (Lipinski definition) is 4. The van der Waals surface area contributed by atoms with Crippen LogP contribution in [0.1, 0.15) is 48.6 Å². The van der Waals surface area contributed by atoms with Crippen LogP contribution < -0.4 is 0 Å². The summed E-state index contributed by atoms with van der Waals surface area (Å²) in [5.41, 5.74) is 3.70. The fourth-order valence-corrected chi connectivity index (χ4v) is 4.08. The van der Waals surface area contributed by atoms with E-state index < -0.39 is 17.7 Å². The van der Waals surface area contributed by atoms with Crippen molar-refractivity contribution in [3.8, 4) is 0 Å². The number of Topliss-reactive ketones (excluding diaryl/α,β-unsaturated/α-hetero) is 1. The highest BCUT2D eigenvalue weighted by molar-refractivity contribution is 6.46. The molecule has 2 aromatic carbocycles. The predicted molar refractivity (Wildman–Crippen MR) is 124 cm³/mol. The Bertz CT molecular complexity index is 957. The molecular formula is C26H32N2O3. The maximum Gasteiger partial charge on any atom is 0.295 e. The molecule has 31 heavy (non-hydrogen) atoms. The first-order valence-electron chi connectivity index (χ1n) is 11.0. The zero-order chi connectivity index (χ0) is 22.5. The van der Waals surface area contributed by atoms with Crippen molar-refractivity contribution in [3.05, 3.63) is 76.4 Å². The van der Waals surface area contributed by atoms with E-state index in [1.165, 1.54) is 0 Å². The molecular weight excluding hydrogens is 388 g/mol. The molecule has 0 radical (unpaired) electrons. The summed E-state index contributed by atoms with van der Waals surface area (Å²) in [5.74, 6) is -1.28. The van der Waals surface area contributed by atoms with Gasteiger partial charge in [0.2, 0.25) is 0 Å². The van der Waals surface area contributed by atoms with E-state index in [0.29, 0.717) is 12.1 Å². The van der Waals surface area contributed by atoms with Gasteiger partial charge in [-0.05, 0) is 45.5 Å². The Morgan fingerprint density at radius 2 is 1.48 bits per heavy atom. The average Bonchev–Trinajstić information content (AvgIpc) is 3.02. The van der Waals surface area contributed by atoms with Gasteiger partial charge in [0.25, 0.3) is 11.7 Å². The maximum absolute atomic E-state index is 13.0. The summed E-state index contributed by atoms with van der Waals surface area (Å²) in [4.78, 5) is 29.9. The van der Waals surface area contributed by atoms with Crippen LogP contribution in [0.25, 0.3) is 5.76 Å². The smallest absolute Gasteiger partial charge is 0.295 e. The number of benzene rings is 2. The molecule has 1 aliphatic rings. The van der Waals surface area contributed by atoms with Gasteiger partial charge in [0, 0.05) is 12.1 Å². The highest BCUT2D eigenvalue weighted by Gasteiger charge is 2.45. The van der Waals surface area contributed by atoms with Crippen molar-refractivity contribution in [3.63, 3.8) is 0 Å². The molecule has 0 unspecified atom stereocenters. The van der Waals surface area contributed by atoms with Gasteiger partial charge >= 0.3 is 0 Å². The lowest BCUT2D eigenvalue weighted by molar-refractivity contribution is -0.140. The topological polar surface area (TPSA) is 60.9 Å². The van der Waals surface area contributed by atoms with E-state index in [9.17, 15) is 14.7 Å². The van der Waals surface area contributed by atoms with Crippen molar-refractivity contribution in [1.82, 2.24) is 9.80 Å². The number of aryl methyl sites for hydroxylation is 2. The molecule has 1 N–H and O–H groups in total. The fourth-order valence-electron chi connectivity index (χ4n) is 4.08. The normalized spacial score (nSPS) is 18.2. The van der Waals surface area contributed by atoms with E-state index in [2.05, 4.69) is 18.7 Å².